The van der Waals surface area contributed by atoms with E-state index in [2.05, 4.69) is 6.92 Å². The fourth-order valence-electron chi connectivity index (χ4n) is 8.18. The van der Waals surface area contributed by atoms with Gasteiger partial charge in [-0.1, -0.05) is 13.3 Å². The maximum Gasteiger partial charge on any atom is 0.0910 e. The zero-order chi connectivity index (χ0) is 17.2. The summed E-state index contributed by atoms with van der Waals surface area (Å²) in [5.41, 5.74) is -0.887. The Morgan fingerprint density at radius 1 is 0.875 bits per heavy atom. The van der Waals surface area contributed by atoms with Crippen LogP contribution in [-0.4, -0.2) is 45.8 Å². The SMILES string of the molecule is C[C@@]12CCCC(CO)(CO)[C@H]1CC[C@@]13C[C@@H](CC[C@H]12)[C@@](O)(CO)C3. The minimum atomic E-state index is -0.877. The van der Waals surface area contributed by atoms with Gasteiger partial charge in [0.1, 0.15) is 0 Å². The molecule has 4 rings (SSSR count). The van der Waals surface area contributed by atoms with Crippen molar-refractivity contribution in [2.45, 2.75) is 70.3 Å². The third-order valence-electron chi connectivity index (χ3n) is 9.17. The van der Waals surface area contributed by atoms with Crippen molar-refractivity contribution in [2.24, 2.45) is 34.0 Å². The summed E-state index contributed by atoms with van der Waals surface area (Å²) in [7, 11) is 0. The van der Waals surface area contributed by atoms with Gasteiger partial charge in [-0.15, -0.1) is 0 Å². The Bertz CT molecular complexity index is 504. The molecule has 0 aliphatic heterocycles. The minimum absolute atomic E-state index is 0.0900. The number of aliphatic hydroxyl groups is 4. The van der Waals surface area contributed by atoms with Crippen molar-refractivity contribution in [1.82, 2.24) is 0 Å². The monoisotopic (exact) mass is 338 g/mol. The van der Waals surface area contributed by atoms with E-state index in [9.17, 15) is 20.4 Å². The molecule has 2 bridgehead atoms. The number of rotatable bonds is 3. The maximum absolute atomic E-state index is 10.9. The van der Waals surface area contributed by atoms with Crippen molar-refractivity contribution < 1.29 is 20.4 Å². The predicted octanol–water partition coefficient (Wildman–Crippen LogP) is 2.09. The van der Waals surface area contributed by atoms with Crippen LogP contribution in [-0.2, 0) is 0 Å². The van der Waals surface area contributed by atoms with Gasteiger partial charge in [0, 0.05) is 5.41 Å². The molecule has 0 aromatic rings. The summed E-state index contributed by atoms with van der Waals surface area (Å²) >= 11 is 0. The average Bonchev–Trinajstić information content (AvgIpc) is 2.80. The smallest absolute Gasteiger partial charge is 0.0910 e. The minimum Gasteiger partial charge on any atom is -0.396 e. The summed E-state index contributed by atoms with van der Waals surface area (Å²) in [5.74, 6) is 1.19. The number of hydrogen-bond donors (Lipinski definition) is 4. The van der Waals surface area contributed by atoms with Gasteiger partial charge in [-0.3, -0.25) is 0 Å². The lowest BCUT2D eigenvalue weighted by Gasteiger charge is -2.64. The molecule has 4 aliphatic rings. The quantitative estimate of drug-likeness (QED) is 0.635. The summed E-state index contributed by atoms with van der Waals surface area (Å²) in [6, 6.07) is 0. The molecule has 4 nitrogen and oxygen atoms in total. The lowest BCUT2D eigenvalue weighted by atomic mass is 9.41. The van der Waals surface area contributed by atoms with Crippen LogP contribution in [0.3, 0.4) is 0 Å². The molecule has 6 atom stereocenters. The third-order valence-corrected chi connectivity index (χ3v) is 9.17. The van der Waals surface area contributed by atoms with Gasteiger partial charge in [0.05, 0.1) is 25.4 Å². The summed E-state index contributed by atoms with van der Waals surface area (Å²) in [5, 5.41) is 41.0. The highest BCUT2D eigenvalue weighted by Crippen LogP contribution is 2.72. The van der Waals surface area contributed by atoms with Crippen LogP contribution in [0.5, 0.6) is 0 Å². The molecule has 0 amide bonds. The van der Waals surface area contributed by atoms with E-state index in [-0.39, 0.29) is 42.0 Å². The molecule has 4 fully saturated rings. The summed E-state index contributed by atoms with van der Waals surface area (Å²) in [4.78, 5) is 0. The van der Waals surface area contributed by atoms with Crippen molar-refractivity contribution in [3.05, 3.63) is 0 Å². The molecule has 0 saturated heterocycles. The molecular formula is C20H34O4. The Labute approximate surface area is 145 Å². The van der Waals surface area contributed by atoms with E-state index in [1.807, 2.05) is 0 Å². The first-order valence-electron chi connectivity index (χ1n) is 9.93. The summed E-state index contributed by atoms with van der Waals surface area (Å²) < 4.78 is 0. The van der Waals surface area contributed by atoms with Crippen LogP contribution >= 0.6 is 0 Å². The molecule has 1 spiro atoms. The largest absolute Gasteiger partial charge is 0.396 e. The normalized spacial score (nSPS) is 52.6. The molecule has 4 saturated carbocycles. The predicted molar refractivity (Wildman–Crippen MR) is 91.2 cm³/mol. The summed E-state index contributed by atoms with van der Waals surface area (Å²) in [6.45, 7) is 2.47. The Kier molecular flexibility index (Phi) is 3.90. The van der Waals surface area contributed by atoms with Gasteiger partial charge >= 0.3 is 0 Å². The molecule has 4 N–H and O–H groups in total. The second kappa shape index (κ2) is 5.42. The van der Waals surface area contributed by atoms with E-state index >= 15 is 0 Å². The Morgan fingerprint density at radius 3 is 2.29 bits per heavy atom. The molecular weight excluding hydrogens is 304 g/mol. The van der Waals surface area contributed by atoms with Crippen molar-refractivity contribution in [3.63, 3.8) is 0 Å². The van der Waals surface area contributed by atoms with Crippen molar-refractivity contribution in [1.29, 1.82) is 0 Å². The number of aliphatic hydroxyl groups excluding tert-OH is 3. The fourth-order valence-corrected chi connectivity index (χ4v) is 8.18. The van der Waals surface area contributed by atoms with Crippen LogP contribution in [0.25, 0.3) is 0 Å². The van der Waals surface area contributed by atoms with Crippen molar-refractivity contribution >= 4 is 0 Å². The second-order valence-electron chi connectivity index (χ2n) is 9.96. The van der Waals surface area contributed by atoms with Crippen LogP contribution in [0.4, 0.5) is 0 Å². The zero-order valence-electron chi connectivity index (χ0n) is 15.0. The fraction of sp³-hybridized carbons (Fsp3) is 1.00. The standard InChI is InChI=1S/C20H34O4/c1-17-6-2-7-19(11-21,12-22)16(17)5-8-18-9-14(3-4-15(17)18)20(24,10-18)13-23/h14-16,21-24H,2-13H2,1H3/t14-,15+,16+,17+,18+,20+/m1/s1. The van der Waals surface area contributed by atoms with E-state index < -0.39 is 5.60 Å². The van der Waals surface area contributed by atoms with Crippen molar-refractivity contribution in [2.75, 3.05) is 19.8 Å². The molecule has 24 heavy (non-hydrogen) atoms. The van der Waals surface area contributed by atoms with E-state index in [0.29, 0.717) is 11.8 Å². The Balaban J connectivity index is 1.71. The second-order valence-corrected chi connectivity index (χ2v) is 9.96. The van der Waals surface area contributed by atoms with Gasteiger partial charge in [-0.25, -0.2) is 0 Å². The van der Waals surface area contributed by atoms with Gasteiger partial charge in [0.15, 0.2) is 0 Å². The molecule has 4 heteroatoms. The summed E-state index contributed by atoms with van der Waals surface area (Å²) in [6.07, 6.45) is 9.26. The average molecular weight is 338 g/mol. The molecule has 138 valence electrons. The first-order valence-corrected chi connectivity index (χ1v) is 9.93. The number of hydrogen-bond acceptors (Lipinski definition) is 4. The molecule has 0 unspecified atom stereocenters. The molecule has 4 aliphatic carbocycles. The topological polar surface area (TPSA) is 80.9 Å². The highest BCUT2D eigenvalue weighted by atomic mass is 16.3. The maximum atomic E-state index is 10.9. The first-order chi connectivity index (χ1) is 11.4. The number of fused-ring (bicyclic) bond motifs is 3. The lowest BCUT2D eigenvalue weighted by molar-refractivity contribution is -0.176. The molecule has 0 aromatic heterocycles. The van der Waals surface area contributed by atoms with Crippen molar-refractivity contribution in [3.8, 4) is 0 Å². The Hall–Kier alpha value is -0.160. The van der Waals surface area contributed by atoms with Gasteiger partial charge in [-0.05, 0) is 80.0 Å². The van der Waals surface area contributed by atoms with Gasteiger partial charge in [0.25, 0.3) is 0 Å². The lowest BCUT2D eigenvalue weighted by Crippen LogP contribution is -2.59. The molecule has 0 radical (unpaired) electrons. The van der Waals surface area contributed by atoms with Crippen LogP contribution in [0, 0.1) is 34.0 Å². The van der Waals surface area contributed by atoms with E-state index in [1.165, 1.54) is 6.42 Å². The van der Waals surface area contributed by atoms with E-state index in [0.717, 1.165) is 51.4 Å². The van der Waals surface area contributed by atoms with E-state index in [4.69, 9.17) is 0 Å². The third kappa shape index (κ3) is 2.00. The van der Waals surface area contributed by atoms with Crippen LogP contribution < -0.4 is 0 Å². The zero-order valence-corrected chi connectivity index (χ0v) is 15.0. The van der Waals surface area contributed by atoms with Crippen LogP contribution in [0.1, 0.15) is 64.7 Å². The van der Waals surface area contributed by atoms with Gasteiger partial charge in [0.2, 0.25) is 0 Å². The molecule has 0 heterocycles. The highest BCUT2D eigenvalue weighted by molar-refractivity contribution is 5.17. The van der Waals surface area contributed by atoms with E-state index in [1.54, 1.807) is 0 Å². The first kappa shape index (κ1) is 17.3. The van der Waals surface area contributed by atoms with Gasteiger partial charge < -0.3 is 20.4 Å². The van der Waals surface area contributed by atoms with Crippen LogP contribution in [0.15, 0.2) is 0 Å². The Morgan fingerprint density at radius 2 is 1.62 bits per heavy atom. The van der Waals surface area contributed by atoms with Crippen LogP contribution in [0.2, 0.25) is 0 Å². The highest BCUT2D eigenvalue weighted by Gasteiger charge is 2.67. The molecule has 0 aromatic carbocycles. The van der Waals surface area contributed by atoms with Gasteiger partial charge in [-0.2, -0.15) is 0 Å².